The molecule has 0 fully saturated rings. The maximum atomic E-state index is 5.78. The van der Waals surface area contributed by atoms with Gasteiger partial charge >= 0.3 is 0 Å². The lowest BCUT2D eigenvalue weighted by Gasteiger charge is -2.25. The predicted molar refractivity (Wildman–Crippen MR) is 75.6 cm³/mol. The SMILES string of the molecule is CCCOc1cc(C)nc(NC(C)(C)CCCl)n1. The predicted octanol–water partition coefficient (Wildman–Crippen LogP) is 3.39. The fraction of sp³-hybridized carbons (Fsp3) is 0.692. The van der Waals surface area contributed by atoms with E-state index in [0.717, 1.165) is 18.5 Å². The molecule has 0 unspecified atom stereocenters. The van der Waals surface area contributed by atoms with Crippen LogP contribution in [0.3, 0.4) is 0 Å². The molecule has 0 amide bonds. The number of nitrogens with zero attached hydrogens (tertiary/aromatic N) is 2. The summed E-state index contributed by atoms with van der Waals surface area (Å²) in [4.78, 5) is 8.72. The van der Waals surface area contributed by atoms with Gasteiger partial charge in [-0.15, -0.1) is 11.6 Å². The van der Waals surface area contributed by atoms with Crippen LogP contribution in [0.1, 0.15) is 39.3 Å². The molecule has 4 nitrogen and oxygen atoms in total. The maximum Gasteiger partial charge on any atom is 0.226 e. The number of hydrogen-bond acceptors (Lipinski definition) is 4. The minimum atomic E-state index is -0.127. The lowest BCUT2D eigenvalue weighted by molar-refractivity contribution is 0.304. The summed E-state index contributed by atoms with van der Waals surface area (Å²) in [7, 11) is 0. The van der Waals surface area contributed by atoms with Crippen molar-refractivity contribution in [2.45, 2.75) is 46.1 Å². The third kappa shape index (κ3) is 5.08. The number of alkyl halides is 1. The fourth-order valence-corrected chi connectivity index (χ4v) is 1.95. The van der Waals surface area contributed by atoms with Gasteiger partial charge < -0.3 is 10.1 Å². The third-order valence-electron chi connectivity index (χ3n) is 2.45. The summed E-state index contributed by atoms with van der Waals surface area (Å²) < 4.78 is 5.53. The zero-order chi connectivity index (χ0) is 13.6. The Morgan fingerprint density at radius 3 is 2.72 bits per heavy atom. The second-order valence-corrected chi connectivity index (χ2v) is 5.35. The van der Waals surface area contributed by atoms with Crippen molar-refractivity contribution in [3.8, 4) is 5.88 Å². The van der Waals surface area contributed by atoms with Crippen LogP contribution in [0.5, 0.6) is 5.88 Å². The van der Waals surface area contributed by atoms with E-state index in [9.17, 15) is 0 Å². The number of halogens is 1. The van der Waals surface area contributed by atoms with Crippen molar-refractivity contribution in [2.24, 2.45) is 0 Å². The second-order valence-electron chi connectivity index (χ2n) is 4.97. The average Bonchev–Trinajstić information content (AvgIpc) is 2.24. The molecule has 1 aromatic rings. The van der Waals surface area contributed by atoms with Gasteiger partial charge in [-0.1, -0.05) is 6.92 Å². The highest BCUT2D eigenvalue weighted by Crippen LogP contribution is 2.18. The molecule has 0 bridgehead atoms. The summed E-state index contributed by atoms with van der Waals surface area (Å²) in [6, 6.07) is 1.84. The van der Waals surface area contributed by atoms with Crippen molar-refractivity contribution in [1.82, 2.24) is 9.97 Å². The molecule has 1 aromatic heterocycles. The van der Waals surface area contributed by atoms with Gasteiger partial charge in [0.15, 0.2) is 0 Å². The molecule has 5 heteroatoms. The summed E-state index contributed by atoms with van der Waals surface area (Å²) in [5.74, 6) is 1.81. The van der Waals surface area contributed by atoms with Crippen LogP contribution in [0.2, 0.25) is 0 Å². The van der Waals surface area contributed by atoms with E-state index in [1.54, 1.807) is 0 Å². The number of aromatic nitrogens is 2. The highest BCUT2D eigenvalue weighted by Gasteiger charge is 2.18. The van der Waals surface area contributed by atoms with Gasteiger partial charge in [-0.3, -0.25) is 0 Å². The van der Waals surface area contributed by atoms with Crippen molar-refractivity contribution in [1.29, 1.82) is 0 Å². The molecular weight excluding hydrogens is 250 g/mol. The van der Waals surface area contributed by atoms with Crippen LogP contribution in [0.15, 0.2) is 6.07 Å². The van der Waals surface area contributed by atoms with Gasteiger partial charge in [0.2, 0.25) is 11.8 Å². The van der Waals surface area contributed by atoms with Crippen LogP contribution < -0.4 is 10.1 Å². The zero-order valence-corrected chi connectivity index (χ0v) is 12.3. The average molecular weight is 272 g/mol. The smallest absolute Gasteiger partial charge is 0.226 e. The standard InChI is InChI=1S/C13H22ClN3O/c1-5-8-18-11-9-10(2)15-12(16-11)17-13(3,4)6-7-14/h9H,5-8H2,1-4H3,(H,15,16,17). The largest absolute Gasteiger partial charge is 0.478 e. The van der Waals surface area contributed by atoms with E-state index in [-0.39, 0.29) is 5.54 Å². The van der Waals surface area contributed by atoms with E-state index in [4.69, 9.17) is 16.3 Å². The summed E-state index contributed by atoms with van der Waals surface area (Å²) in [6.07, 6.45) is 1.81. The number of aryl methyl sites for hydroxylation is 1. The van der Waals surface area contributed by atoms with Crippen LogP contribution in [0.25, 0.3) is 0 Å². The Morgan fingerprint density at radius 1 is 1.39 bits per heavy atom. The Morgan fingerprint density at radius 2 is 2.11 bits per heavy atom. The van der Waals surface area contributed by atoms with Gasteiger partial charge in [-0.25, -0.2) is 4.98 Å². The summed E-state index contributed by atoms with van der Waals surface area (Å²) >= 11 is 5.78. The second kappa shape index (κ2) is 6.78. The molecule has 0 saturated carbocycles. The van der Waals surface area contributed by atoms with Crippen LogP contribution in [0, 0.1) is 6.92 Å². The number of nitrogens with one attached hydrogen (secondary N) is 1. The Labute approximate surface area is 114 Å². The van der Waals surface area contributed by atoms with E-state index >= 15 is 0 Å². The van der Waals surface area contributed by atoms with Gasteiger partial charge in [0.1, 0.15) is 0 Å². The Hall–Kier alpha value is -1.03. The summed E-state index contributed by atoms with van der Waals surface area (Å²) in [5, 5.41) is 3.29. The third-order valence-corrected chi connectivity index (χ3v) is 2.64. The normalized spacial score (nSPS) is 11.4. The molecule has 0 spiro atoms. The first kappa shape index (κ1) is 15.0. The summed E-state index contributed by atoms with van der Waals surface area (Å²) in [6.45, 7) is 8.82. The number of hydrogen-bond donors (Lipinski definition) is 1. The van der Waals surface area contributed by atoms with Crippen molar-refractivity contribution in [2.75, 3.05) is 17.8 Å². The molecule has 0 atom stereocenters. The molecule has 1 heterocycles. The molecule has 0 aliphatic heterocycles. The van der Waals surface area contributed by atoms with Crippen molar-refractivity contribution < 1.29 is 4.74 Å². The molecule has 0 aliphatic carbocycles. The van der Waals surface area contributed by atoms with Gasteiger partial charge in [0, 0.05) is 23.2 Å². The molecule has 0 aromatic carbocycles. The fourth-order valence-electron chi connectivity index (χ4n) is 1.48. The van der Waals surface area contributed by atoms with Crippen molar-refractivity contribution in [3.05, 3.63) is 11.8 Å². The molecule has 0 aliphatic rings. The minimum Gasteiger partial charge on any atom is -0.478 e. The maximum absolute atomic E-state index is 5.78. The van der Waals surface area contributed by atoms with E-state index < -0.39 is 0 Å². The highest BCUT2D eigenvalue weighted by molar-refractivity contribution is 6.17. The lowest BCUT2D eigenvalue weighted by atomic mass is 10.0. The van der Waals surface area contributed by atoms with Crippen LogP contribution in [-0.2, 0) is 0 Å². The van der Waals surface area contributed by atoms with Gasteiger partial charge in [0.25, 0.3) is 0 Å². The van der Waals surface area contributed by atoms with Gasteiger partial charge in [-0.05, 0) is 33.6 Å². The minimum absolute atomic E-state index is 0.127. The quantitative estimate of drug-likeness (QED) is 0.772. The zero-order valence-electron chi connectivity index (χ0n) is 11.6. The number of ether oxygens (including phenoxy) is 1. The van der Waals surface area contributed by atoms with E-state index in [1.807, 2.05) is 13.0 Å². The Kier molecular flexibility index (Phi) is 5.66. The van der Waals surface area contributed by atoms with Crippen LogP contribution in [-0.4, -0.2) is 28.0 Å². The lowest BCUT2D eigenvalue weighted by Crippen LogP contribution is -2.32. The Bertz CT molecular complexity index is 382. The molecule has 102 valence electrons. The highest BCUT2D eigenvalue weighted by atomic mass is 35.5. The van der Waals surface area contributed by atoms with E-state index in [0.29, 0.717) is 24.3 Å². The molecular formula is C13H22ClN3O. The molecule has 1 rings (SSSR count). The number of rotatable bonds is 7. The molecule has 1 N–H and O–H groups in total. The van der Waals surface area contributed by atoms with Gasteiger partial charge in [0.05, 0.1) is 6.61 Å². The van der Waals surface area contributed by atoms with Crippen LogP contribution in [0.4, 0.5) is 5.95 Å². The Balaban J connectivity index is 2.79. The first-order valence-corrected chi connectivity index (χ1v) is 6.83. The van der Waals surface area contributed by atoms with Crippen molar-refractivity contribution in [3.63, 3.8) is 0 Å². The number of anilines is 1. The monoisotopic (exact) mass is 271 g/mol. The van der Waals surface area contributed by atoms with E-state index in [2.05, 4.69) is 36.1 Å². The van der Waals surface area contributed by atoms with E-state index in [1.165, 1.54) is 0 Å². The topological polar surface area (TPSA) is 47.0 Å². The molecule has 18 heavy (non-hydrogen) atoms. The first-order valence-electron chi connectivity index (χ1n) is 6.29. The van der Waals surface area contributed by atoms with Crippen molar-refractivity contribution >= 4 is 17.5 Å². The van der Waals surface area contributed by atoms with Gasteiger partial charge in [-0.2, -0.15) is 4.98 Å². The first-order chi connectivity index (χ1) is 8.46. The summed E-state index contributed by atoms with van der Waals surface area (Å²) in [5.41, 5.74) is 0.762. The molecule has 0 saturated heterocycles. The molecule has 0 radical (unpaired) electrons. The van der Waals surface area contributed by atoms with Crippen LogP contribution >= 0.6 is 11.6 Å².